The lowest BCUT2D eigenvalue weighted by molar-refractivity contribution is -0.0201. The largest absolute Gasteiger partial charge is 0.477 e. The molecule has 0 bridgehead atoms. The van der Waals surface area contributed by atoms with E-state index in [1.807, 2.05) is 26.0 Å². The molecule has 1 aromatic heterocycles. The molecule has 2 heterocycles. The Bertz CT molecular complexity index is 610. The molecule has 0 saturated carbocycles. The number of nitrogens with zero attached hydrogens (tertiary/aromatic N) is 3. The standard InChI is InChI=1S/C20H35N5O3.HI/c1-4-11-28-18-17(7-6-8-22-18)14-23-19(21-5-2)24-15-20(3,26)16-25-9-12-27-13-10-25;/h6-8,26H,4-5,9-16H2,1-3H3,(H2,21,23,24);1H. The summed E-state index contributed by atoms with van der Waals surface area (Å²) in [5.74, 6) is 1.29. The van der Waals surface area contributed by atoms with Crippen LogP contribution >= 0.6 is 24.0 Å². The van der Waals surface area contributed by atoms with Gasteiger partial charge in [-0.15, -0.1) is 24.0 Å². The zero-order valence-electron chi connectivity index (χ0n) is 17.8. The smallest absolute Gasteiger partial charge is 0.218 e. The van der Waals surface area contributed by atoms with Crippen LogP contribution in [0, 0.1) is 0 Å². The Hall–Kier alpha value is -1.17. The zero-order chi connectivity index (χ0) is 20.2. The summed E-state index contributed by atoms with van der Waals surface area (Å²) in [7, 11) is 0. The van der Waals surface area contributed by atoms with Crippen molar-refractivity contribution in [2.45, 2.75) is 39.3 Å². The summed E-state index contributed by atoms with van der Waals surface area (Å²) < 4.78 is 11.1. The summed E-state index contributed by atoms with van der Waals surface area (Å²) in [6.07, 6.45) is 2.66. The first-order valence-electron chi connectivity index (χ1n) is 10.2. The Labute approximate surface area is 191 Å². The fourth-order valence-electron chi connectivity index (χ4n) is 2.95. The van der Waals surface area contributed by atoms with Gasteiger partial charge in [0.05, 0.1) is 32.0 Å². The molecule has 1 aliphatic rings. The van der Waals surface area contributed by atoms with E-state index < -0.39 is 5.60 Å². The molecule has 0 amide bonds. The van der Waals surface area contributed by atoms with E-state index in [1.54, 1.807) is 6.20 Å². The predicted molar refractivity (Wildman–Crippen MR) is 126 cm³/mol. The van der Waals surface area contributed by atoms with Gasteiger partial charge in [-0.3, -0.25) is 4.90 Å². The number of rotatable bonds is 10. The van der Waals surface area contributed by atoms with Crippen LogP contribution in [-0.2, 0) is 11.3 Å². The van der Waals surface area contributed by atoms with Gasteiger partial charge in [-0.2, -0.15) is 0 Å². The van der Waals surface area contributed by atoms with E-state index >= 15 is 0 Å². The molecule has 0 spiro atoms. The number of pyridine rings is 1. The third kappa shape index (κ3) is 9.92. The van der Waals surface area contributed by atoms with Gasteiger partial charge >= 0.3 is 0 Å². The summed E-state index contributed by atoms with van der Waals surface area (Å²) in [5, 5.41) is 17.2. The van der Waals surface area contributed by atoms with Gasteiger partial charge in [0.1, 0.15) is 0 Å². The number of ether oxygens (including phenoxy) is 2. The van der Waals surface area contributed by atoms with E-state index in [1.165, 1.54) is 0 Å². The maximum Gasteiger partial charge on any atom is 0.218 e. The Morgan fingerprint density at radius 2 is 2.10 bits per heavy atom. The number of hydrogen-bond donors (Lipinski definition) is 3. The minimum Gasteiger partial charge on any atom is -0.477 e. The van der Waals surface area contributed by atoms with Gasteiger partial charge in [0.25, 0.3) is 0 Å². The maximum atomic E-state index is 10.8. The van der Waals surface area contributed by atoms with Gasteiger partial charge in [0.15, 0.2) is 5.96 Å². The van der Waals surface area contributed by atoms with Crippen molar-refractivity contribution in [3.05, 3.63) is 23.9 Å². The predicted octanol–water partition coefficient (Wildman–Crippen LogP) is 1.63. The fraction of sp³-hybridized carbons (Fsp3) is 0.700. The highest BCUT2D eigenvalue weighted by Gasteiger charge is 2.25. The minimum atomic E-state index is -0.864. The van der Waals surface area contributed by atoms with Crippen molar-refractivity contribution in [2.75, 3.05) is 52.5 Å². The van der Waals surface area contributed by atoms with Crippen molar-refractivity contribution in [1.29, 1.82) is 0 Å². The van der Waals surface area contributed by atoms with Gasteiger partial charge in [0, 0.05) is 44.5 Å². The molecule has 0 aromatic carbocycles. The SMILES string of the molecule is CCCOc1ncccc1CN=C(NCC)NCC(C)(O)CN1CCOCC1.I. The number of aliphatic hydroxyl groups is 1. The lowest BCUT2D eigenvalue weighted by Gasteiger charge is -2.34. The van der Waals surface area contributed by atoms with Crippen LogP contribution in [-0.4, -0.2) is 79.1 Å². The zero-order valence-corrected chi connectivity index (χ0v) is 20.1. The number of hydrogen-bond acceptors (Lipinski definition) is 6. The lowest BCUT2D eigenvalue weighted by atomic mass is 10.1. The molecule has 1 fully saturated rings. The molecule has 1 atom stereocenters. The Balaban J connectivity index is 0.00000420. The van der Waals surface area contributed by atoms with Crippen molar-refractivity contribution in [1.82, 2.24) is 20.5 Å². The van der Waals surface area contributed by atoms with Crippen molar-refractivity contribution in [3.8, 4) is 5.88 Å². The van der Waals surface area contributed by atoms with Crippen molar-refractivity contribution in [2.24, 2.45) is 4.99 Å². The molecule has 2 rings (SSSR count). The highest BCUT2D eigenvalue weighted by molar-refractivity contribution is 14.0. The highest BCUT2D eigenvalue weighted by Crippen LogP contribution is 2.15. The first-order valence-corrected chi connectivity index (χ1v) is 10.2. The molecule has 0 radical (unpaired) electrons. The summed E-state index contributed by atoms with van der Waals surface area (Å²) in [5.41, 5.74) is 0.0743. The van der Waals surface area contributed by atoms with Crippen LogP contribution in [0.2, 0.25) is 0 Å². The maximum absolute atomic E-state index is 10.8. The summed E-state index contributed by atoms with van der Waals surface area (Å²) >= 11 is 0. The fourth-order valence-corrected chi connectivity index (χ4v) is 2.95. The highest BCUT2D eigenvalue weighted by atomic mass is 127. The number of nitrogens with one attached hydrogen (secondary N) is 2. The molecule has 0 aliphatic carbocycles. The third-order valence-electron chi connectivity index (χ3n) is 4.35. The summed E-state index contributed by atoms with van der Waals surface area (Å²) in [4.78, 5) is 11.2. The Morgan fingerprint density at radius 1 is 1.34 bits per heavy atom. The van der Waals surface area contributed by atoms with Gasteiger partial charge in [-0.05, 0) is 26.3 Å². The summed E-state index contributed by atoms with van der Waals surface area (Å²) in [6, 6.07) is 3.86. The molecule has 1 aliphatic heterocycles. The number of aromatic nitrogens is 1. The number of morpholine rings is 1. The second-order valence-corrected chi connectivity index (χ2v) is 7.25. The first kappa shape index (κ1) is 25.9. The third-order valence-corrected chi connectivity index (χ3v) is 4.35. The van der Waals surface area contributed by atoms with Crippen LogP contribution < -0.4 is 15.4 Å². The topological polar surface area (TPSA) is 91.2 Å². The Kier molecular flexibility index (Phi) is 12.4. The average Bonchev–Trinajstić information content (AvgIpc) is 2.69. The van der Waals surface area contributed by atoms with E-state index in [2.05, 4.69) is 32.4 Å². The molecular weight excluding hydrogens is 485 g/mol. The van der Waals surface area contributed by atoms with Gasteiger partial charge in [-0.1, -0.05) is 13.0 Å². The van der Waals surface area contributed by atoms with E-state index in [0.29, 0.717) is 38.1 Å². The molecule has 3 N–H and O–H groups in total. The number of aliphatic imine (C=N–C) groups is 1. The van der Waals surface area contributed by atoms with Crippen molar-refractivity contribution in [3.63, 3.8) is 0 Å². The van der Waals surface area contributed by atoms with E-state index in [-0.39, 0.29) is 24.0 Å². The van der Waals surface area contributed by atoms with E-state index in [4.69, 9.17) is 9.47 Å². The van der Waals surface area contributed by atoms with Gasteiger partial charge in [-0.25, -0.2) is 9.98 Å². The average molecular weight is 521 g/mol. The van der Waals surface area contributed by atoms with Crippen LogP contribution in [0.4, 0.5) is 0 Å². The van der Waals surface area contributed by atoms with Gasteiger partial charge in [0.2, 0.25) is 5.88 Å². The van der Waals surface area contributed by atoms with Crippen LogP contribution in [0.5, 0.6) is 5.88 Å². The second kappa shape index (κ2) is 13.9. The Morgan fingerprint density at radius 3 is 2.79 bits per heavy atom. The second-order valence-electron chi connectivity index (χ2n) is 7.25. The molecule has 166 valence electrons. The number of β-amino-alcohol motifs (C(OH)–C–C–N with tert-alkyl or cyclic N) is 1. The number of halogens is 1. The van der Waals surface area contributed by atoms with Gasteiger partial charge < -0.3 is 25.2 Å². The molecule has 29 heavy (non-hydrogen) atoms. The quantitative estimate of drug-likeness (QED) is 0.245. The van der Waals surface area contributed by atoms with E-state index in [0.717, 1.165) is 44.8 Å². The van der Waals surface area contributed by atoms with Crippen LogP contribution in [0.15, 0.2) is 23.3 Å². The van der Waals surface area contributed by atoms with Crippen LogP contribution in [0.1, 0.15) is 32.8 Å². The molecular formula is C20H36IN5O3. The van der Waals surface area contributed by atoms with Crippen molar-refractivity contribution >= 4 is 29.9 Å². The molecule has 9 heteroatoms. The first-order chi connectivity index (χ1) is 13.5. The minimum absolute atomic E-state index is 0. The normalized spacial score (nSPS) is 17.2. The number of guanidine groups is 1. The van der Waals surface area contributed by atoms with Crippen molar-refractivity contribution < 1.29 is 14.6 Å². The molecule has 1 aromatic rings. The van der Waals surface area contributed by atoms with E-state index in [9.17, 15) is 5.11 Å². The van der Waals surface area contributed by atoms with Crippen LogP contribution in [0.25, 0.3) is 0 Å². The molecule has 1 unspecified atom stereocenters. The van der Waals surface area contributed by atoms with Crippen LogP contribution in [0.3, 0.4) is 0 Å². The summed E-state index contributed by atoms with van der Waals surface area (Å²) in [6.45, 7) is 11.9. The molecule has 1 saturated heterocycles. The monoisotopic (exact) mass is 521 g/mol. The lowest BCUT2D eigenvalue weighted by Crippen LogP contribution is -2.52. The molecule has 8 nitrogen and oxygen atoms in total.